The van der Waals surface area contributed by atoms with E-state index in [1.807, 2.05) is 0 Å². The number of non-ortho nitro benzene ring substituents is 1. The van der Waals surface area contributed by atoms with E-state index in [1.54, 1.807) is 0 Å². The molecule has 1 aromatic carbocycles. The molecule has 0 radical (unpaired) electrons. The molecule has 0 aliphatic heterocycles. The first-order chi connectivity index (χ1) is 5.65. The minimum atomic E-state index is -0.711. The van der Waals surface area contributed by atoms with Crippen LogP contribution in [0.4, 0.5) is 10.1 Å². The number of hydrogen-bond acceptors (Lipinski definition) is 2. The van der Waals surface area contributed by atoms with Gasteiger partial charge in [0.25, 0.3) is 5.69 Å². The Balaban J connectivity index is 3.10. The highest BCUT2D eigenvalue weighted by Gasteiger charge is 2.08. The van der Waals surface area contributed by atoms with E-state index in [2.05, 4.69) is 0 Å². The molecule has 1 rings (SSSR count). The number of rotatable bonds is 2. The largest absolute Gasteiger partial charge is 0.270 e. The number of alkyl halides is 1. The van der Waals surface area contributed by atoms with Crippen LogP contribution in [0.1, 0.15) is 5.56 Å². The van der Waals surface area contributed by atoms with Crippen LogP contribution in [0, 0.1) is 10.1 Å². The summed E-state index contributed by atoms with van der Waals surface area (Å²) in [6, 6.07) is 3.66. The topological polar surface area (TPSA) is 43.1 Å². The van der Waals surface area contributed by atoms with Crippen molar-refractivity contribution in [3.63, 3.8) is 0 Å². The molecule has 0 N–H and O–H groups in total. The lowest BCUT2D eigenvalue weighted by molar-refractivity contribution is -0.384. The van der Waals surface area contributed by atoms with Crippen molar-refractivity contribution in [1.29, 1.82) is 0 Å². The van der Waals surface area contributed by atoms with Crippen molar-refractivity contribution in [2.75, 3.05) is 0 Å². The lowest BCUT2D eigenvalue weighted by atomic mass is 10.2. The van der Waals surface area contributed by atoms with Gasteiger partial charge in [-0.15, -0.1) is 0 Å². The molecule has 0 aromatic heterocycles. The van der Waals surface area contributed by atoms with E-state index < -0.39 is 11.6 Å². The third kappa shape index (κ3) is 1.71. The lowest BCUT2D eigenvalue weighted by Gasteiger charge is -1.97. The molecule has 64 valence electrons. The first-order valence-corrected chi connectivity index (χ1v) is 3.51. The van der Waals surface area contributed by atoms with Gasteiger partial charge in [0.2, 0.25) is 0 Å². The Morgan fingerprint density at radius 2 is 2.25 bits per heavy atom. The molecule has 0 aliphatic rings. The van der Waals surface area contributed by atoms with Gasteiger partial charge in [0, 0.05) is 17.7 Å². The summed E-state index contributed by atoms with van der Waals surface area (Å²) < 4.78 is 12.1. The summed E-state index contributed by atoms with van der Waals surface area (Å²) in [5, 5.41) is 10.3. The Kier molecular flexibility index (Phi) is 2.60. The molecule has 0 spiro atoms. The van der Waals surface area contributed by atoms with Gasteiger partial charge in [-0.1, -0.05) is 11.6 Å². The number of benzene rings is 1. The number of nitrogens with zero attached hydrogens (tertiary/aromatic N) is 1. The predicted molar refractivity (Wildman–Crippen MR) is 42.9 cm³/mol. The second-order valence-electron chi connectivity index (χ2n) is 2.17. The molecule has 0 amide bonds. The molecular formula is C7H5ClFNO2. The third-order valence-corrected chi connectivity index (χ3v) is 1.74. The Morgan fingerprint density at radius 3 is 2.67 bits per heavy atom. The molecule has 1 aromatic rings. The highest BCUT2D eigenvalue weighted by molar-refractivity contribution is 6.31. The third-order valence-electron chi connectivity index (χ3n) is 1.39. The van der Waals surface area contributed by atoms with Crippen LogP contribution in [0.2, 0.25) is 5.02 Å². The van der Waals surface area contributed by atoms with Crippen molar-refractivity contribution < 1.29 is 9.31 Å². The van der Waals surface area contributed by atoms with Crippen molar-refractivity contribution in [1.82, 2.24) is 0 Å². The SMILES string of the molecule is O=[N+]([O-])c1ccc(CF)c(Cl)c1. The molecule has 0 saturated carbocycles. The fraction of sp³-hybridized carbons (Fsp3) is 0.143. The number of nitro groups is 1. The van der Waals surface area contributed by atoms with Gasteiger partial charge in [0.05, 0.1) is 9.95 Å². The van der Waals surface area contributed by atoms with Gasteiger partial charge in [-0.2, -0.15) is 0 Å². The fourth-order valence-electron chi connectivity index (χ4n) is 0.758. The monoisotopic (exact) mass is 189 g/mol. The van der Waals surface area contributed by atoms with E-state index >= 15 is 0 Å². The van der Waals surface area contributed by atoms with Gasteiger partial charge in [0.15, 0.2) is 0 Å². The van der Waals surface area contributed by atoms with Crippen LogP contribution in [0.15, 0.2) is 18.2 Å². The van der Waals surface area contributed by atoms with Crippen LogP contribution in [-0.2, 0) is 6.67 Å². The predicted octanol–water partition coefficient (Wildman–Crippen LogP) is 2.72. The molecule has 0 aliphatic carbocycles. The van der Waals surface area contributed by atoms with Gasteiger partial charge in [-0.05, 0) is 6.07 Å². The summed E-state index contributed by atoms with van der Waals surface area (Å²) in [4.78, 5) is 9.63. The zero-order valence-corrected chi connectivity index (χ0v) is 6.71. The number of hydrogen-bond donors (Lipinski definition) is 0. The average molecular weight is 190 g/mol. The zero-order chi connectivity index (χ0) is 9.14. The highest BCUT2D eigenvalue weighted by atomic mass is 35.5. The van der Waals surface area contributed by atoms with Gasteiger partial charge in [0.1, 0.15) is 6.67 Å². The van der Waals surface area contributed by atoms with Crippen molar-refractivity contribution in [2.24, 2.45) is 0 Å². The minimum absolute atomic E-state index is 0.0895. The fourth-order valence-corrected chi connectivity index (χ4v) is 0.983. The second-order valence-corrected chi connectivity index (χ2v) is 2.57. The second kappa shape index (κ2) is 3.49. The summed E-state index contributed by atoms with van der Waals surface area (Å²) in [5.41, 5.74) is 0.138. The Labute approximate surface area is 72.9 Å². The maximum Gasteiger partial charge on any atom is 0.270 e. The van der Waals surface area contributed by atoms with Gasteiger partial charge < -0.3 is 0 Å². The van der Waals surface area contributed by atoms with Crippen molar-refractivity contribution in [2.45, 2.75) is 6.67 Å². The van der Waals surface area contributed by atoms with Crippen LogP contribution in [-0.4, -0.2) is 4.92 Å². The highest BCUT2D eigenvalue weighted by Crippen LogP contribution is 2.22. The summed E-state index contributed by atoms with van der Waals surface area (Å²) in [7, 11) is 0. The molecular weight excluding hydrogens is 185 g/mol. The molecule has 3 nitrogen and oxygen atoms in total. The number of halogens is 2. The van der Waals surface area contributed by atoms with Gasteiger partial charge >= 0.3 is 0 Å². The average Bonchev–Trinajstić information content (AvgIpc) is 2.04. The Bertz CT molecular complexity index is 316. The first kappa shape index (κ1) is 8.93. The molecule has 0 saturated heterocycles. The zero-order valence-electron chi connectivity index (χ0n) is 5.96. The van der Waals surface area contributed by atoms with Crippen molar-refractivity contribution >= 4 is 17.3 Å². The summed E-state index contributed by atoms with van der Waals surface area (Å²) in [6.07, 6.45) is 0. The minimum Gasteiger partial charge on any atom is -0.258 e. The van der Waals surface area contributed by atoms with E-state index in [9.17, 15) is 14.5 Å². The van der Waals surface area contributed by atoms with Crippen LogP contribution in [0.25, 0.3) is 0 Å². The molecule has 0 fully saturated rings. The van der Waals surface area contributed by atoms with Crippen molar-refractivity contribution in [3.05, 3.63) is 38.9 Å². The van der Waals surface area contributed by atoms with E-state index in [0.29, 0.717) is 0 Å². The molecule has 5 heteroatoms. The molecule has 12 heavy (non-hydrogen) atoms. The normalized spacial score (nSPS) is 9.83. The van der Waals surface area contributed by atoms with Crippen LogP contribution >= 0.6 is 11.6 Å². The lowest BCUT2D eigenvalue weighted by Crippen LogP contribution is -1.89. The van der Waals surface area contributed by atoms with E-state index in [0.717, 1.165) is 6.07 Å². The molecule has 0 atom stereocenters. The smallest absolute Gasteiger partial charge is 0.258 e. The molecule has 0 unspecified atom stereocenters. The van der Waals surface area contributed by atoms with Crippen molar-refractivity contribution in [3.8, 4) is 0 Å². The Morgan fingerprint density at radius 1 is 1.58 bits per heavy atom. The van der Waals surface area contributed by atoms with E-state index in [-0.39, 0.29) is 16.3 Å². The first-order valence-electron chi connectivity index (χ1n) is 3.14. The van der Waals surface area contributed by atoms with Gasteiger partial charge in [-0.3, -0.25) is 10.1 Å². The van der Waals surface area contributed by atoms with E-state index in [1.165, 1.54) is 12.1 Å². The summed E-state index contributed by atoms with van der Waals surface area (Å²) >= 11 is 5.53. The summed E-state index contributed by atoms with van der Waals surface area (Å²) in [5.74, 6) is 0. The molecule has 0 bridgehead atoms. The maximum absolute atomic E-state index is 12.1. The quantitative estimate of drug-likeness (QED) is 0.530. The molecule has 0 heterocycles. The Hall–Kier alpha value is -1.16. The number of nitro benzene ring substituents is 1. The standard InChI is InChI=1S/C7H5ClFNO2/c8-7-3-6(10(11)12)2-1-5(7)4-9/h1-3H,4H2. The summed E-state index contributed by atoms with van der Waals surface area (Å²) in [6.45, 7) is -0.711. The van der Waals surface area contributed by atoms with Crippen LogP contribution < -0.4 is 0 Å². The maximum atomic E-state index is 12.1. The van der Waals surface area contributed by atoms with Gasteiger partial charge in [-0.25, -0.2) is 4.39 Å². The van der Waals surface area contributed by atoms with Crippen LogP contribution in [0.5, 0.6) is 0 Å². The van der Waals surface area contributed by atoms with E-state index in [4.69, 9.17) is 11.6 Å². The van der Waals surface area contributed by atoms with Crippen LogP contribution in [0.3, 0.4) is 0 Å².